The molecule has 0 aromatic carbocycles. The summed E-state index contributed by atoms with van der Waals surface area (Å²) in [7, 11) is -3.56. The Labute approximate surface area is 203 Å². The number of β-amino-alcohol motifs (C(OH)–C–C–N with tert-alkyl or cyclic N) is 1. The highest BCUT2D eigenvalue weighted by Gasteiger charge is 2.41. The van der Waals surface area contributed by atoms with Crippen LogP contribution < -0.4 is 10.9 Å². The molecule has 4 heterocycles. The van der Waals surface area contributed by atoms with Gasteiger partial charge in [-0.2, -0.15) is 27.3 Å². The standard InChI is InChI=1S/C22H29N7O5S/c1-22(32)6-2-3-18(22)29-19-15(9-14(10-23)20(29)31)11-24-21(26-19)25-16-4-7-27(8-5-16)35(33,34)28-12-17(30)13-28/h9,11,16-18,30,32H,2-8,12-13H2,1H3,(H,24,25,26)/t18-,22-/m1/s1. The average molecular weight is 504 g/mol. The number of nitrogens with zero attached hydrogens (tertiary/aromatic N) is 6. The van der Waals surface area contributed by atoms with E-state index in [4.69, 9.17) is 0 Å². The van der Waals surface area contributed by atoms with Crippen LogP contribution in [0.3, 0.4) is 0 Å². The molecule has 2 saturated heterocycles. The molecule has 5 rings (SSSR count). The van der Waals surface area contributed by atoms with Gasteiger partial charge in [-0.05, 0) is 45.1 Å². The highest BCUT2D eigenvalue weighted by Crippen LogP contribution is 2.39. The minimum Gasteiger partial charge on any atom is -0.390 e. The van der Waals surface area contributed by atoms with Gasteiger partial charge in [-0.3, -0.25) is 9.36 Å². The van der Waals surface area contributed by atoms with Crippen molar-refractivity contribution in [1.29, 1.82) is 5.26 Å². The number of aromatic nitrogens is 3. The zero-order valence-corrected chi connectivity index (χ0v) is 20.3. The van der Waals surface area contributed by atoms with Gasteiger partial charge in [0.2, 0.25) is 5.95 Å². The number of hydrogen-bond acceptors (Lipinski definition) is 9. The van der Waals surface area contributed by atoms with Gasteiger partial charge < -0.3 is 15.5 Å². The van der Waals surface area contributed by atoms with Crippen molar-refractivity contribution in [2.75, 3.05) is 31.5 Å². The summed E-state index contributed by atoms with van der Waals surface area (Å²) in [6.45, 7) is 2.64. The SMILES string of the molecule is C[C@@]1(O)CCC[C@H]1n1c(=O)c(C#N)cc2cnc(NC3CCN(S(=O)(=O)N4CC(O)C4)CC3)nc21. The van der Waals surface area contributed by atoms with Crippen molar-refractivity contribution >= 4 is 27.2 Å². The molecule has 13 heteroatoms. The summed E-state index contributed by atoms with van der Waals surface area (Å²) in [4.78, 5) is 22.0. The Bertz CT molecular complexity index is 1340. The number of piperidine rings is 1. The van der Waals surface area contributed by atoms with Gasteiger partial charge in [0.1, 0.15) is 17.3 Å². The van der Waals surface area contributed by atoms with Crippen LogP contribution in [0.4, 0.5) is 5.95 Å². The summed E-state index contributed by atoms with van der Waals surface area (Å²) in [5, 5.41) is 33.5. The Morgan fingerprint density at radius 1 is 1.23 bits per heavy atom. The van der Waals surface area contributed by atoms with Gasteiger partial charge in [-0.1, -0.05) is 0 Å². The number of anilines is 1. The normalized spacial score (nSPS) is 27.1. The molecule has 12 nitrogen and oxygen atoms in total. The number of nitriles is 1. The average Bonchev–Trinajstić information content (AvgIpc) is 3.15. The number of aliphatic hydroxyl groups excluding tert-OH is 1. The summed E-state index contributed by atoms with van der Waals surface area (Å²) in [5.74, 6) is 0.306. The molecule has 3 aliphatic rings. The molecule has 3 fully saturated rings. The molecular formula is C22H29N7O5S. The van der Waals surface area contributed by atoms with E-state index in [9.17, 15) is 28.7 Å². The number of nitrogens with one attached hydrogen (secondary N) is 1. The largest absolute Gasteiger partial charge is 0.390 e. The predicted molar refractivity (Wildman–Crippen MR) is 127 cm³/mol. The molecule has 2 aromatic rings. The second kappa shape index (κ2) is 8.79. The van der Waals surface area contributed by atoms with E-state index in [1.54, 1.807) is 13.1 Å². The first-order valence-corrected chi connectivity index (χ1v) is 13.2. The number of fused-ring (bicyclic) bond motifs is 1. The van der Waals surface area contributed by atoms with Crippen molar-refractivity contribution in [3.05, 3.63) is 28.2 Å². The van der Waals surface area contributed by atoms with E-state index in [1.165, 1.54) is 19.2 Å². The van der Waals surface area contributed by atoms with Crippen LogP contribution in [-0.4, -0.2) is 85.7 Å². The number of pyridine rings is 1. The third kappa shape index (κ3) is 4.30. The fraction of sp³-hybridized carbons (Fsp3) is 0.636. The lowest BCUT2D eigenvalue weighted by Crippen LogP contribution is -2.59. The molecule has 0 radical (unpaired) electrons. The van der Waals surface area contributed by atoms with Crippen molar-refractivity contribution < 1.29 is 18.6 Å². The summed E-state index contributed by atoms with van der Waals surface area (Å²) in [5.41, 5.74) is -1.23. The minimum absolute atomic E-state index is 0.0205. The zero-order chi connectivity index (χ0) is 25.0. The summed E-state index contributed by atoms with van der Waals surface area (Å²) in [6, 6.07) is 2.85. The van der Waals surface area contributed by atoms with E-state index in [0.717, 1.165) is 6.42 Å². The van der Waals surface area contributed by atoms with E-state index in [2.05, 4.69) is 15.3 Å². The van der Waals surface area contributed by atoms with E-state index >= 15 is 0 Å². The molecule has 2 atom stereocenters. The Balaban J connectivity index is 1.37. The second-order valence-electron chi connectivity index (χ2n) is 9.88. The van der Waals surface area contributed by atoms with Crippen LogP contribution in [-0.2, 0) is 10.2 Å². The van der Waals surface area contributed by atoms with Crippen LogP contribution in [0.25, 0.3) is 11.0 Å². The van der Waals surface area contributed by atoms with Gasteiger partial charge in [-0.15, -0.1) is 0 Å². The first kappa shape index (κ1) is 24.1. The van der Waals surface area contributed by atoms with Crippen LogP contribution >= 0.6 is 0 Å². The van der Waals surface area contributed by atoms with Crippen molar-refractivity contribution in [2.24, 2.45) is 0 Å². The fourth-order valence-electron chi connectivity index (χ4n) is 5.28. The van der Waals surface area contributed by atoms with Gasteiger partial charge in [0.25, 0.3) is 15.8 Å². The fourth-order valence-corrected chi connectivity index (χ4v) is 7.00. The van der Waals surface area contributed by atoms with Gasteiger partial charge in [-0.25, -0.2) is 4.98 Å². The molecule has 0 amide bonds. The van der Waals surface area contributed by atoms with E-state index < -0.39 is 33.5 Å². The van der Waals surface area contributed by atoms with Crippen molar-refractivity contribution in [3.8, 4) is 6.07 Å². The summed E-state index contributed by atoms with van der Waals surface area (Å²) < 4.78 is 29.4. The maximum absolute atomic E-state index is 13.1. The van der Waals surface area contributed by atoms with Crippen LogP contribution in [0.5, 0.6) is 0 Å². The Morgan fingerprint density at radius 2 is 1.94 bits per heavy atom. The van der Waals surface area contributed by atoms with E-state index in [0.29, 0.717) is 55.8 Å². The Hall–Kier alpha value is -2.63. The molecular weight excluding hydrogens is 474 g/mol. The summed E-state index contributed by atoms with van der Waals surface area (Å²) in [6.07, 6.45) is 3.98. The zero-order valence-electron chi connectivity index (χ0n) is 19.5. The molecule has 35 heavy (non-hydrogen) atoms. The van der Waals surface area contributed by atoms with Gasteiger partial charge >= 0.3 is 0 Å². The molecule has 1 aliphatic carbocycles. The quantitative estimate of drug-likeness (QED) is 0.507. The maximum atomic E-state index is 13.1. The monoisotopic (exact) mass is 503 g/mol. The molecule has 3 N–H and O–H groups in total. The molecule has 0 spiro atoms. The minimum atomic E-state index is -3.56. The van der Waals surface area contributed by atoms with Crippen LogP contribution in [0.2, 0.25) is 0 Å². The van der Waals surface area contributed by atoms with Crippen molar-refractivity contribution in [1.82, 2.24) is 23.1 Å². The highest BCUT2D eigenvalue weighted by atomic mass is 32.2. The molecule has 2 aromatic heterocycles. The number of rotatable bonds is 5. The van der Waals surface area contributed by atoms with Crippen molar-refractivity contribution in [2.45, 2.75) is 62.8 Å². The Morgan fingerprint density at radius 3 is 2.54 bits per heavy atom. The first-order chi connectivity index (χ1) is 16.6. The highest BCUT2D eigenvalue weighted by molar-refractivity contribution is 7.86. The van der Waals surface area contributed by atoms with Crippen molar-refractivity contribution in [3.63, 3.8) is 0 Å². The second-order valence-corrected chi connectivity index (χ2v) is 11.8. The molecule has 0 unspecified atom stereocenters. The van der Waals surface area contributed by atoms with Gasteiger partial charge in [0.15, 0.2) is 0 Å². The van der Waals surface area contributed by atoms with E-state index in [-0.39, 0.29) is 24.7 Å². The smallest absolute Gasteiger partial charge is 0.282 e. The van der Waals surface area contributed by atoms with Crippen LogP contribution in [0.1, 0.15) is 50.6 Å². The lowest BCUT2D eigenvalue weighted by molar-refractivity contribution is 0.0266. The number of hydrogen-bond donors (Lipinski definition) is 3. The van der Waals surface area contributed by atoms with Crippen LogP contribution in [0, 0.1) is 11.3 Å². The first-order valence-electron chi connectivity index (χ1n) is 11.8. The van der Waals surface area contributed by atoms with Crippen LogP contribution in [0.15, 0.2) is 17.1 Å². The number of aliphatic hydroxyl groups is 2. The predicted octanol–water partition coefficient (Wildman–Crippen LogP) is -0.0632. The van der Waals surface area contributed by atoms with E-state index in [1.807, 2.05) is 6.07 Å². The molecule has 1 saturated carbocycles. The molecule has 2 aliphatic heterocycles. The molecule has 0 bridgehead atoms. The molecule has 188 valence electrons. The van der Waals surface area contributed by atoms with Gasteiger partial charge in [0, 0.05) is 43.8 Å². The third-order valence-corrected chi connectivity index (χ3v) is 9.32. The maximum Gasteiger partial charge on any atom is 0.282 e. The summed E-state index contributed by atoms with van der Waals surface area (Å²) >= 11 is 0. The lowest BCUT2D eigenvalue weighted by atomic mass is 9.99. The lowest BCUT2D eigenvalue weighted by Gasteiger charge is -2.40. The van der Waals surface area contributed by atoms with Gasteiger partial charge in [0.05, 0.1) is 17.7 Å². The Kier molecular flexibility index (Phi) is 6.05. The third-order valence-electron chi connectivity index (χ3n) is 7.35. The topological polar surface area (TPSA) is 165 Å².